The molecule has 0 saturated heterocycles. The average molecular weight is 263 g/mol. The van der Waals surface area contributed by atoms with Gasteiger partial charge in [0.2, 0.25) is 5.95 Å². The van der Waals surface area contributed by atoms with Gasteiger partial charge in [0.25, 0.3) is 0 Å². The van der Waals surface area contributed by atoms with Crippen LogP contribution >= 0.6 is 0 Å². The van der Waals surface area contributed by atoms with E-state index in [1.165, 1.54) is 6.92 Å². The topological polar surface area (TPSA) is 97.4 Å². The minimum absolute atomic E-state index is 0.0169. The maximum Gasteiger partial charge on any atom is 0.422 e. The Morgan fingerprint density at radius 2 is 2.24 bits per heavy atom. The molecule has 0 saturated carbocycles. The van der Waals surface area contributed by atoms with E-state index in [-0.39, 0.29) is 12.3 Å². The summed E-state index contributed by atoms with van der Waals surface area (Å²) in [6, 6.07) is 2.13. The van der Waals surface area contributed by atoms with Crippen molar-refractivity contribution in [2.75, 3.05) is 11.3 Å². The molecule has 0 unspecified atom stereocenters. The standard InChI is InChI=1S/C8H10FN3O4S/c1-2-16-8(13)12-17(14,15)11-6-3-4-7(9)10-5-6/h3-5,11H,2H2,1H3,(H,12,13). The van der Waals surface area contributed by atoms with Crippen LogP contribution in [0.1, 0.15) is 6.92 Å². The van der Waals surface area contributed by atoms with Gasteiger partial charge in [-0.3, -0.25) is 4.72 Å². The number of pyridine rings is 1. The minimum Gasteiger partial charge on any atom is -0.449 e. The second-order valence-electron chi connectivity index (χ2n) is 2.80. The molecule has 0 spiro atoms. The average Bonchev–Trinajstić information content (AvgIpc) is 2.20. The van der Waals surface area contributed by atoms with Crippen molar-refractivity contribution in [2.24, 2.45) is 0 Å². The highest BCUT2D eigenvalue weighted by Gasteiger charge is 2.14. The summed E-state index contributed by atoms with van der Waals surface area (Å²) in [5, 5.41) is 0. The van der Waals surface area contributed by atoms with E-state index in [0.29, 0.717) is 0 Å². The zero-order valence-corrected chi connectivity index (χ0v) is 9.62. The fourth-order valence-corrected chi connectivity index (χ4v) is 1.65. The van der Waals surface area contributed by atoms with Gasteiger partial charge in [0.1, 0.15) is 0 Å². The molecule has 17 heavy (non-hydrogen) atoms. The largest absolute Gasteiger partial charge is 0.449 e. The first-order chi connectivity index (χ1) is 7.93. The Balaban J connectivity index is 2.66. The molecule has 9 heteroatoms. The molecule has 0 radical (unpaired) electrons. The van der Waals surface area contributed by atoms with Crippen LogP contribution in [0.5, 0.6) is 0 Å². The Labute approximate surface area is 97.2 Å². The van der Waals surface area contributed by atoms with E-state index in [1.54, 1.807) is 4.72 Å². The van der Waals surface area contributed by atoms with Gasteiger partial charge in [-0.2, -0.15) is 12.8 Å². The number of aromatic nitrogens is 1. The van der Waals surface area contributed by atoms with Crippen LogP contribution in [0.4, 0.5) is 14.9 Å². The monoisotopic (exact) mass is 263 g/mol. The predicted octanol–water partition coefficient (Wildman–Crippen LogP) is 0.623. The molecule has 1 heterocycles. The molecule has 0 aliphatic carbocycles. The minimum atomic E-state index is -4.11. The SMILES string of the molecule is CCOC(=O)NS(=O)(=O)Nc1ccc(F)nc1. The Morgan fingerprint density at radius 3 is 2.76 bits per heavy atom. The van der Waals surface area contributed by atoms with Gasteiger partial charge in [0, 0.05) is 0 Å². The highest BCUT2D eigenvalue weighted by molar-refractivity contribution is 7.91. The molecule has 0 bridgehead atoms. The zero-order valence-electron chi connectivity index (χ0n) is 8.81. The van der Waals surface area contributed by atoms with Crippen LogP contribution in [0.3, 0.4) is 0 Å². The third-order valence-corrected chi connectivity index (χ3v) is 2.41. The molecule has 1 aromatic rings. The summed E-state index contributed by atoms with van der Waals surface area (Å²) in [6.07, 6.45) is -0.130. The van der Waals surface area contributed by atoms with Gasteiger partial charge < -0.3 is 4.74 Å². The van der Waals surface area contributed by atoms with Crippen LogP contribution in [0.2, 0.25) is 0 Å². The molecule has 0 atom stereocenters. The van der Waals surface area contributed by atoms with E-state index in [1.807, 2.05) is 4.72 Å². The number of ether oxygens (including phenoxy) is 1. The van der Waals surface area contributed by atoms with E-state index in [9.17, 15) is 17.6 Å². The Hall–Kier alpha value is -1.90. The predicted molar refractivity (Wildman–Crippen MR) is 56.9 cm³/mol. The van der Waals surface area contributed by atoms with Gasteiger partial charge in [0.05, 0.1) is 18.5 Å². The normalized spacial score (nSPS) is 10.7. The lowest BCUT2D eigenvalue weighted by Crippen LogP contribution is -2.35. The van der Waals surface area contributed by atoms with E-state index < -0.39 is 22.3 Å². The molecule has 0 aromatic carbocycles. The molecule has 0 aliphatic heterocycles. The highest BCUT2D eigenvalue weighted by Crippen LogP contribution is 2.06. The summed E-state index contributed by atoms with van der Waals surface area (Å²) in [5.74, 6) is -0.744. The van der Waals surface area contributed by atoms with Gasteiger partial charge >= 0.3 is 16.3 Å². The van der Waals surface area contributed by atoms with Crippen molar-refractivity contribution in [1.29, 1.82) is 0 Å². The number of nitrogens with zero attached hydrogens (tertiary/aromatic N) is 1. The number of carbonyl (C=O) groups is 1. The molecule has 94 valence electrons. The van der Waals surface area contributed by atoms with Crippen LogP contribution in [0, 0.1) is 5.95 Å². The number of amides is 1. The van der Waals surface area contributed by atoms with Crippen LogP contribution < -0.4 is 9.44 Å². The number of hydrogen-bond donors (Lipinski definition) is 2. The highest BCUT2D eigenvalue weighted by atomic mass is 32.2. The third kappa shape index (κ3) is 4.64. The molecule has 1 rings (SSSR count). The quantitative estimate of drug-likeness (QED) is 0.776. The molecule has 0 aliphatic rings. The Morgan fingerprint density at radius 1 is 1.53 bits per heavy atom. The summed E-state index contributed by atoms with van der Waals surface area (Å²) < 4.78 is 43.1. The molecular weight excluding hydrogens is 253 g/mol. The lowest BCUT2D eigenvalue weighted by molar-refractivity contribution is 0.159. The maximum atomic E-state index is 12.5. The number of nitrogens with one attached hydrogen (secondary N) is 2. The number of hydrogen-bond acceptors (Lipinski definition) is 5. The van der Waals surface area contributed by atoms with Gasteiger partial charge in [-0.15, -0.1) is 0 Å². The first kappa shape index (κ1) is 13.2. The smallest absolute Gasteiger partial charge is 0.422 e. The summed E-state index contributed by atoms with van der Waals surface area (Å²) >= 11 is 0. The summed E-state index contributed by atoms with van der Waals surface area (Å²) in [4.78, 5) is 14.1. The summed E-state index contributed by atoms with van der Waals surface area (Å²) in [7, 11) is -4.11. The number of carbonyl (C=O) groups excluding carboxylic acids is 1. The van der Waals surface area contributed by atoms with E-state index in [0.717, 1.165) is 18.3 Å². The molecule has 2 N–H and O–H groups in total. The lowest BCUT2D eigenvalue weighted by atomic mass is 10.4. The summed E-state index contributed by atoms with van der Waals surface area (Å²) in [6.45, 7) is 1.57. The fourth-order valence-electron chi connectivity index (χ4n) is 0.887. The number of rotatable bonds is 4. The summed E-state index contributed by atoms with van der Waals surface area (Å²) in [5.41, 5.74) is 0.0169. The lowest BCUT2D eigenvalue weighted by Gasteiger charge is -2.08. The van der Waals surface area contributed by atoms with Crippen LogP contribution in [-0.2, 0) is 14.9 Å². The first-order valence-corrected chi connectivity index (χ1v) is 6.00. The van der Waals surface area contributed by atoms with E-state index in [4.69, 9.17) is 0 Å². The Bertz CT molecular complexity index is 488. The van der Waals surface area contributed by atoms with Crippen LogP contribution in [0.25, 0.3) is 0 Å². The van der Waals surface area contributed by atoms with E-state index in [2.05, 4.69) is 9.72 Å². The molecule has 1 aromatic heterocycles. The van der Waals surface area contributed by atoms with E-state index >= 15 is 0 Å². The molecule has 7 nitrogen and oxygen atoms in total. The van der Waals surface area contributed by atoms with Gasteiger partial charge in [-0.25, -0.2) is 14.5 Å². The van der Waals surface area contributed by atoms with Crippen molar-refractivity contribution in [3.63, 3.8) is 0 Å². The van der Waals surface area contributed by atoms with Gasteiger partial charge in [-0.1, -0.05) is 0 Å². The number of anilines is 1. The molecular formula is C8H10FN3O4S. The van der Waals surface area contributed by atoms with Crippen molar-refractivity contribution in [3.8, 4) is 0 Å². The van der Waals surface area contributed by atoms with Crippen molar-refractivity contribution in [3.05, 3.63) is 24.3 Å². The fraction of sp³-hybridized carbons (Fsp3) is 0.250. The van der Waals surface area contributed by atoms with Crippen LogP contribution in [-0.4, -0.2) is 26.1 Å². The molecule has 1 amide bonds. The Kier molecular flexibility index (Phi) is 4.21. The van der Waals surface area contributed by atoms with Crippen molar-refractivity contribution in [2.45, 2.75) is 6.92 Å². The number of halogens is 1. The maximum absolute atomic E-state index is 12.5. The van der Waals surface area contributed by atoms with Crippen LogP contribution in [0.15, 0.2) is 18.3 Å². The first-order valence-electron chi connectivity index (χ1n) is 4.52. The van der Waals surface area contributed by atoms with Crippen molar-refractivity contribution >= 4 is 22.0 Å². The van der Waals surface area contributed by atoms with Gasteiger partial charge in [-0.05, 0) is 19.1 Å². The second-order valence-corrected chi connectivity index (χ2v) is 4.21. The zero-order chi connectivity index (χ0) is 12.9. The van der Waals surface area contributed by atoms with Crippen molar-refractivity contribution in [1.82, 2.24) is 9.71 Å². The third-order valence-electron chi connectivity index (χ3n) is 1.47. The second kappa shape index (κ2) is 5.43. The van der Waals surface area contributed by atoms with Crippen molar-refractivity contribution < 1.29 is 22.3 Å². The molecule has 0 fully saturated rings. The van der Waals surface area contributed by atoms with Gasteiger partial charge in [0.15, 0.2) is 0 Å².